The first-order valence-corrected chi connectivity index (χ1v) is 15.3. The smallest absolute Gasteiger partial charge is 0.410 e. The van der Waals surface area contributed by atoms with Crippen LogP contribution in [0.5, 0.6) is 11.5 Å². The Bertz CT molecular complexity index is 1570. The van der Waals surface area contributed by atoms with Crippen LogP contribution < -0.4 is 9.46 Å². The Hall–Kier alpha value is -4.12. The van der Waals surface area contributed by atoms with Crippen molar-refractivity contribution in [2.75, 3.05) is 13.1 Å². The molecular weight excluding hydrogens is 560 g/mol. The van der Waals surface area contributed by atoms with Crippen molar-refractivity contribution in [3.05, 3.63) is 126 Å². The number of para-hydroxylation sites is 1. The summed E-state index contributed by atoms with van der Waals surface area (Å²) in [5.74, 6) is 1.12. The van der Waals surface area contributed by atoms with E-state index in [1.807, 2.05) is 54.6 Å². The highest BCUT2D eigenvalue weighted by atomic mass is 32.2. The zero-order chi connectivity index (χ0) is 28.7. The van der Waals surface area contributed by atoms with Gasteiger partial charge in [-0.2, -0.15) is 0 Å². The van der Waals surface area contributed by atoms with Crippen molar-refractivity contribution in [1.82, 2.24) is 9.62 Å². The molecule has 4 aromatic rings. The van der Waals surface area contributed by atoms with E-state index in [1.165, 1.54) is 17.0 Å². The Kier molecular flexibility index (Phi) is 9.03. The Balaban J connectivity index is 1.29. The van der Waals surface area contributed by atoms with Gasteiger partial charge >= 0.3 is 6.09 Å². The molecule has 10 heteroatoms. The number of carbonyl (C=O) groups is 2. The van der Waals surface area contributed by atoms with Gasteiger partial charge in [0, 0.05) is 23.9 Å². The number of benzene rings is 4. The second kappa shape index (κ2) is 13.0. The van der Waals surface area contributed by atoms with E-state index >= 15 is 0 Å². The zero-order valence-corrected chi connectivity index (χ0v) is 23.6. The van der Waals surface area contributed by atoms with Crippen LogP contribution in [0.25, 0.3) is 0 Å². The highest BCUT2D eigenvalue weighted by Crippen LogP contribution is 2.29. The van der Waals surface area contributed by atoms with Gasteiger partial charge in [-0.1, -0.05) is 90.6 Å². The molecule has 1 fully saturated rings. The monoisotopic (exact) mass is 588 g/mol. The molecule has 0 saturated carbocycles. The maximum absolute atomic E-state index is 13.4. The fourth-order valence-corrected chi connectivity index (χ4v) is 6.80. The van der Waals surface area contributed by atoms with Gasteiger partial charge < -0.3 is 14.4 Å². The van der Waals surface area contributed by atoms with E-state index in [1.54, 1.807) is 48.5 Å². The number of rotatable bonds is 9. The molecule has 0 bridgehead atoms. The molecule has 0 spiro atoms. The summed E-state index contributed by atoms with van der Waals surface area (Å²) in [5, 5.41) is -0.732. The third kappa shape index (κ3) is 7.55. The van der Waals surface area contributed by atoms with Crippen molar-refractivity contribution in [1.29, 1.82) is 0 Å². The van der Waals surface area contributed by atoms with E-state index < -0.39 is 27.4 Å². The lowest BCUT2D eigenvalue weighted by Crippen LogP contribution is -2.42. The topological polar surface area (TPSA) is 102 Å². The molecule has 41 heavy (non-hydrogen) atoms. The Labute approximate surface area is 243 Å². The van der Waals surface area contributed by atoms with Crippen LogP contribution in [-0.4, -0.2) is 48.9 Å². The van der Waals surface area contributed by atoms with Crippen molar-refractivity contribution in [2.45, 2.75) is 22.8 Å². The molecule has 1 N–H and O–H groups in total. The van der Waals surface area contributed by atoms with Crippen molar-refractivity contribution in [3.8, 4) is 11.5 Å². The van der Waals surface area contributed by atoms with E-state index in [4.69, 9.17) is 9.47 Å². The molecule has 210 valence electrons. The predicted molar refractivity (Wildman–Crippen MR) is 157 cm³/mol. The summed E-state index contributed by atoms with van der Waals surface area (Å²) >= 11 is 1.01. The third-order valence-electron chi connectivity index (χ3n) is 6.42. The Morgan fingerprint density at radius 1 is 0.780 bits per heavy atom. The van der Waals surface area contributed by atoms with Crippen LogP contribution in [0.1, 0.15) is 15.9 Å². The number of nitrogens with one attached hydrogen (secondary N) is 1. The molecular formula is C31H28N2O6S2. The van der Waals surface area contributed by atoms with Gasteiger partial charge in [0.2, 0.25) is 15.1 Å². The number of amides is 1. The average molecular weight is 589 g/mol. The molecule has 0 aliphatic carbocycles. The fourth-order valence-electron chi connectivity index (χ4n) is 4.32. The molecule has 0 unspecified atom stereocenters. The van der Waals surface area contributed by atoms with Crippen LogP contribution in [-0.2, 0) is 21.4 Å². The summed E-state index contributed by atoms with van der Waals surface area (Å²) in [6.45, 7) is 0.292. The molecule has 1 heterocycles. The molecule has 1 aliphatic heterocycles. The third-order valence-corrected chi connectivity index (χ3v) is 9.15. The molecule has 4 aromatic carbocycles. The molecule has 0 aromatic heterocycles. The maximum atomic E-state index is 13.4. The van der Waals surface area contributed by atoms with Crippen molar-refractivity contribution in [2.24, 2.45) is 0 Å². The van der Waals surface area contributed by atoms with Crippen LogP contribution >= 0.6 is 11.8 Å². The summed E-state index contributed by atoms with van der Waals surface area (Å²) < 4.78 is 40.7. The number of thioether (sulfide) groups is 1. The molecule has 1 amide bonds. The second-order valence-corrected chi connectivity index (χ2v) is 12.3. The lowest BCUT2D eigenvalue weighted by atomic mass is 10.2. The normalized spacial score (nSPS) is 16.7. The summed E-state index contributed by atoms with van der Waals surface area (Å²) in [4.78, 5) is 27.4. The second-order valence-electron chi connectivity index (χ2n) is 9.37. The molecule has 1 aliphatic rings. The minimum Gasteiger partial charge on any atom is -0.457 e. The van der Waals surface area contributed by atoms with Crippen LogP contribution in [0.3, 0.4) is 0 Å². The van der Waals surface area contributed by atoms with Gasteiger partial charge in [0.25, 0.3) is 0 Å². The van der Waals surface area contributed by atoms with Gasteiger partial charge in [-0.05, 0) is 42.0 Å². The Morgan fingerprint density at radius 3 is 2.02 bits per heavy atom. The van der Waals surface area contributed by atoms with E-state index in [0.717, 1.165) is 17.3 Å². The number of nitrogens with zero attached hydrogens (tertiary/aromatic N) is 1. The predicted octanol–water partition coefficient (Wildman–Crippen LogP) is 5.72. The first-order valence-electron chi connectivity index (χ1n) is 12.9. The molecule has 0 radical (unpaired) electrons. The first-order chi connectivity index (χ1) is 19.9. The van der Waals surface area contributed by atoms with Gasteiger partial charge in [0.1, 0.15) is 18.1 Å². The average Bonchev–Trinajstić information content (AvgIpc) is 3.39. The van der Waals surface area contributed by atoms with E-state index in [9.17, 15) is 18.0 Å². The van der Waals surface area contributed by atoms with Gasteiger partial charge in [-0.15, -0.1) is 0 Å². The minimum absolute atomic E-state index is 0.0427. The number of likely N-dealkylation sites (tertiary alicyclic amines) is 1. The van der Waals surface area contributed by atoms with Crippen LogP contribution in [0.4, 0.5) is 4.79 Å². The quantitative estimate of drug-likeness (QED) is 0.267. The molecule has 1 saturated heterocycles. The largest absolute Gasteiger partial charge is 0.457 e. The number of ether oxygens (including phenoxy) is 2. The van der Waals surface area contributed by atoms with Crippen LogP contribution in [0.15, 0.2) is 120 Å². The summed E-state index contributed by atoms with van der Waals surface area (Å²) in [5.41, 5.74) is 1.33. The maximum Gasteiger partial charge on any atom is 0.410 e. The highest BCUT2D eigenvalue weighted by Gasteiger charge is 2.40. The molecule has 8 nitrogen and oxygen atoms in total. The van der Waals surface area contributed by atoms with Crippen LogP contribution in [0.2, 0.25) is 0 Å². The Morgan fingerprint density at radius 2 is 1.37 bits per heavy atom. The molecule has 5 rings (SSSR count). The number of hydrogen-bond donors (Lipinski definition) is 1. The number of sulfonamides is 1. The van der Waals surface area contributed by atoms with Gasteiger partial charge in [0.05, 0.1) is 10.9 Å². The summed E-state index contributed by atoms with van der Waals surface area (Å²) in [6.07, 6.45) is -0.573. The minimum atomic E-state index is -3.98. The van der Waals surface area contributed by atoms with Crippen molar-refractivity contribution >= 4 is 33.0 Å². The van der Waals surface area contributed by atoms with Crippen molar-refractivity contribution in [3.63, 3.8) is 0 Å². The standard InChI is InChI=1S/C31H28N2O6S2/c34-30(24-12-6-2-7-13-24)40-29-21-33(31(35)38-22-23-10-4-1-5-11-23)20-28(29)32-41(36,37)27-18-16-26(17-19-27)39-25-14-8-3-9-15-25/h1-19,28-29,32H,20-22H2/t28-,29+/m1/s1. The highest BCUT2D eigenvalue weighted by molar-refractivity contribution is 8.14. The van der Waals surface area contributed by atoms with Gasteiger partial charge in [0.15, 0.2) is 0 Å². The first kappa shape index (κ1) is 28.4. The lowest BCUT2D eigenvalue weighted by molar-refractivity contribution is 0.103. The molecule has 2 atom stereocenters. The summed E-state index contributed by atoms with van der Waals surface area (Å²) in [6, 6.07) is 32.5. The van der Waals surface area contributed by atoms with E-state index in [-0.39, 0.29) is 29.7 Å². The summed E-state index contributed by atoms with van der Waals surface area (Å²) in [7, 11) is -3.98. The number of carbonyl (C=O) groups excluding carboxylic acids is 2. The van der Waals surface area contributed by atoms with E-state index in [2.05, 4.69) is 4.72 Å². The fraction of sp³-hybridized carbons (Fsp3) is 0.161. The van der Waals surface area contributed by atoms with E-state index in [0.29, 0.717) is 17.1 Å². The lowest BCUT2D eigenvalue weighted by Gasteiger charge is -2.19. The number of hydrogen-bond acceptors (Lipinski definition) is 7. The van der Waals surface area contributed by atoms with Crippen molar-refractivity contribution < 1.29 is 27.5 Å². The van der Waals surface area contributed by atoms with Crippen LogP contribution in [0, 0.1) is 0 Å². The zero-order valence-electron chi connectivity index (χ0n) is 22.0. The van der Waals surface area contributed by atoms with Gasteiger partial charge in [-0.3, -0.25) is 4.79 Å². The van der Waals surface area contributed by atoms with Gasteiger partial charge in [-0.25, -0.2) is 17.9 Å². The SMILES string of the molecule is O=C(S[C@H]1CN(C(=O)OCc2ccccc2)C[C@H]1NS(=O)(=O)c1ccc(Oc2ccccc2)cc1)c1ccccc1.